The first kappa shape index (κ1) is 9.73. The number of allylic oxidation sites excluding steroid dienone is 1. The van der Waals surface area contributed by atoms with Gasteiger partial charge in [0.25, 0.3) is 5.54 Å². The summed E-state index contributed by atoms with van der Waals surface area (Å²) in [5.41, 5.74) is 4.34. The summed E-state index contributed by atoms with van der Waals surface area (Å²) >= 11 is 0. The molecule has 5 heteroatoms. The zero-order chi connectivity index (χ0) is 10.1. The van der Waals surface area contributed by atoms with Gasteiger partial charge in [0.2, 0.25) is 0 Å². The molecule has 0 spiro atoms. The van der Waals surface area contributed by atoms with Gasteiger partial charge in [0.15, 0.2) is 0 Å². The van der Waals surface area contributed by atoms with Crippen LogP contribution >= 0.6 is 0 Å². The number of methoxy groups -OCH3 is 1. The quantitative estimate of drug-likeness (QED) is 0.499. The number of rotatable bonds is 2. The van der Waals surface area contributed by atoms with Crippen molar-refractivity contribution in [2.75, 3.05) is 7.11 Å². The molecule has 2 unspecified atom stereocenters. The van der Waals surface area contributed by atoms with Crippen LogP contribution in [0.1, 0.15) is 6.92 Å². The van der Waals surface area contributed by atoms with E-state index in [4.69, 9.17) is 10.5 Å². The summed E-state index contributed by atoms with van der Waals surface area (Å²) in [7, 11) is 1.47. The standard InChI is InChI=1S/C8H12N2O3/c1-8(10(11)12)5-6(13-2)3-4-7(8)9/h3-5,7H,9H2,1-2H3. The van der Waals surface area contributed by atoms with Crippen LogP contribution in [0.3, 0.4) is 0 Å². The predicted molar refractivity (Wildman–Crippen MR) is 47.6 cm³/mol. The van der Waals surface area contributed by atoms with Crippen molar-refractivity contribution in [2.24, 2.45) is 5.73 Å². The molecular weight excluding hydrogens is 172 g/mol. The highest BCUT2D eigenvalue weighted by Crippen LogP contribution is 2.23. The minimum atomic E-state index is -1.26. The van der Waals surface area contributed by atoms with E-state index < -0.39 is 16.5 Å². The SMILES string of the molecule is COC1=CC(C)([N+](=O)[O-])C(N)C=C1. The van der Waals surface area contributed by atoms with E-state index in [1.165, 1.54) is 20.1 Å². The lowest BCUT2D eigenvalue weighted by Gasteiger charge is -2.25. The van der Waals surface area contributed by atoms with Gasteiger partial charge in [-0.2, -0.15) is 0 Å². The van der Waals surface area contributed by atoms with Crippen molar-refractivity contribution in [2.45, 2.75) is 18.5 Å². The molecule has 0 radical (unpaired) electrons. The highest BCUT2D eigenvalue weighted by molar-refractivity contribution is 5.27. The van der Waals surface area contributed by atoms with E-state index in [0.717, 1.165) is 0 Å². The smallest absolute Gasteiger partial charge is 0.259 e. The third-order valence-electron chi connectivity index (χ3n) is 2.21. The Kier molecular flexibility index (Phi) is 2.38. The maximum atomic E-state index is 10.7. The fourth-order valence-corrected chi connectivity index (χ4v) is 1.13. The van der Waals surface area contributed by atoms with Crippen LogP contribution in [0.4, 0.5) is 0 Å². The van der Waals surface area contributed by atoms with Gasteiger partial charge in [-0.05, 0) is 6.08 Å². The van der Waals surface area contributed by atoms with Crippen molar-refractivity contribution in [3.8, 4) is 0 Å². The lowest BCUT2D eigenvalue weighted by Crippen LogP contribution is -2.50. The molecule has 0 saturated carbocycles. The molecule has 0 fully saturated rings. The first-order valence-corrected chi connectivity index (χ1v) is 3.86. The second kappa shape index (κ2) is 3.18. The molecular formula is C8H12N2O3. The van der Waals surface area contributed by atoms with Crippen LogP contribution in [0, 0.1) is 10.1 Å². The van der Waals surface area contributed by atoms with Gasteiger partial charge in [0.05, 0.1) is 13.2 Å². The van der Waals surface area contributed by atoms with E-state index in [1.54, 1.807) is 12.2 Å². The Balaban J connectivity index is 3.03. The summed E-state index contributed by atoms with van der Waals surface area (Å²) in [5.74, 6) is 0.473. The number of hydrogen-bond acceptors (Lipinski definition) is 4. The lowest BCUT2D eigenvalue weighted by atomic mass is 9.89. The topological polar surface area (TPSA) is 78.4 Å². The molecule has 0 heterocycles. The maximum absolute atomic E-state index is 10.7. The van der Waals surface area contributed by atoms with E-state index in [1.807, 2.05) is 0 Å². The zero-order valence-corrected chi connectivity index (χ0v) is 7.56. The van der Waals surface area contributed by atoms with Gasteiger partial charge in [-0.25, -0.2) is 0 Å². The molecule has 0 bridgehead atoms. The average Bonchev–Trinajstić information content (AvgIpc) is 2.09. The Bertz CT molecular complexity index is 285. The zero-order valence-electron chi connectivity index (χ0n) is 7.56. The lowest BCUT2D eigenvalue weighted by molar-refractivity contribution is -0.552. The number of nitrogens with two attached hydrogens (primary N) is 1. The van der Waals surface area contributed by atoms with Crippen LogP contribution < -0.4 is 5.73 Å². The average molecular weight is 184 g/mol. The van der Waals surface area contributed by atoms with Crippen LogP contribution in [0.5, 0.6) is 0 Å². The summed E-state index contributed by atoms with van der Waals surface area (Å²) in [6, 6.07) is -0.610. The fraction of sp³-hybridized carbons (Fsp3) is 0.500. The van der Waals surface area contributed by atoms with Crippen molar-refractivity contribution in [1.82, 2.24) is 0 Å². The summed E-state index contributed by atoms with van der Waals surface area (Å²) in [4.78, 5) is 10.3. The molecule has 0 amide bonds. The van der Waals surface area contributed by atoms with E-state index in [0.29, 0.717) is 5.76 Å². The molecule has 0 aromatic heterocycles. The van der Waals surface area contributed by atoms with Crippen LogP contribution in [0.15, 0.2) is 24.0 Å². The van der Waals surface area contributed by atoms with Crippen molar-refractivity contribution in [1.29, 1.82) is 0 Å². The Morgan fingerprint density at radius 1 is 1.77 bits per heavy atom. The molecule has 0 aromatic rings. The van der Waals surface area contributed by atoms with Crippen LogP contribution in [-0.4, -0.2) is 23.6 Å². The largest absolute Gasteiger partial charge is 0.497 e. The van der Waals surface area contributed by atoms with Crippen LogP contribution in [0.25, 0.3) is 0 Å². The molecule has 72 valence electrons. The molecule has 1 aliphatic rings. The predicted octanol–water partition coefficient (Wildman–Crippen LogP) is 0.449. The molecule has 0 aliphatic heterocycles. The fourth-order valence-electron chi connectivity index (χ4n) is 1.13. The first-order chi connectivity index (χ1) is 6.00. The third kappa shape index (κ3) is 1.55. The second-order valence-corrected chi connectivity index (χ2v) is 3.12. The summed E-state index contributed by atoms with van der Waals surface area (Å²) in [6.45, 7) is 1.47. The van der Waals surface area contributed by atoms with E-state index in [2.05, 4.69) is 0 Å². The number of ether oxygens (including phenoxy) is 1. The van der Waals surface area contributed by atoms with Crippen molar-refractivity contribution in [3.63, 3.8) is 0 Å². The van der Waals surface area contributed by atoms with Crippen molar-refractivity contribution < 1.29 is 9.66 Å². The molecule has 13 heavy (non-hydrogen) atoms. The minimum absolute atomic E-state index is 0.403. The van der Waals surface area contributed by atoms with Gasteiger partial charge in [-0.1, -0.05) is 6.08 Å². The molecule has 1 aliphatic carbocycles. The van der Waals surface area contributed by atoms with Gasteiger partial charge in [0.1, 0.15) is 5.76 Å². The van der Waals surface area contributed by atoms with Crippen molar-refractivity contribution >= 4 is 0 Å². The highest BCUT2D eigenvalue weighted by atomic mass is 16.6. The minimum Gasteiger partial charge on any atom is -0.497 e. The Labute approximate surface area is 76.0 Å². The van der Waals surface area contributed by atoms with Crippen molar-refractivity contribution in [3.05, 3.63) is 34.1 Å². The monoisotopic (exact) mass is 184 g/mol. The Hall–Kier alpha value is -1.36. The van der Waals surface area contributed by atoms with Gasteiger partial charge in [-0.3, -0.25) is 10.1 Å². The maximum Gasteiger partial charge on any atom is 0.259 e. The highest BCUT2D eigenvalue weighted by Gasteiger charge is 2.42. The third-order valence-corrected chi connectivity index (χ3v) is 2.21. The number of nitro groups is 1. The van der Waals surface area contributed by atoms with Gasteiger partial charge in [-0.15, -0.1) is 0 Å². The van der Waals surface area contributed by atoms with E-state index >= 15 is 0 Å². The molecule has 2 N–H and O–H groups in total. The Morgan fingerprint density at radius 2 is 2.38 bits per heavy atom. The van der Waals surface area contributed by atoms with Gasteiger partial charge >= 0.3 is 0 Å². The molecule has 1 rings (SSSR count). The molecule has 0 saturated heterocycles. The van der Waals surface area contributed by atoms with Crippen LogP contribution in [0.2, 0.25) is 0 Å². The summed E-state index contributed by atoms with van der Waals surface area (Å²) in [5, 5.41) is 10.7. The van der Waals surface area contributed by atoms with E-state index in [-0.39, 0.29) is 0 Å². The van der Waals surface area contributed by atoms with Gasteiger partial charge in [0, 0.05) is 17.9 Å². The first-order valence-electron chi connectivity index (χ1n) is 3.86. The van der Waals surface area contributed by atoms with E-state index in [9.17, 15) is 10.1 Å². The van der Waals surface area contributed by atoms with Gasteiger partial charge < -0.3 is 10.5 Å². The number of hydrogen-bond donors (Lipinski definition) is 1. The molecule has 0 aromatic carbocycles. The Morgan fingerprint density at radius 3 is 2.85 bits per heavy atom. The molecule has 5 nitrogen and oxygen atoms in total. The number of nitrogens with zero attached hydrogens (tertiary/aromatic N) is 1. The second-order valence-electron chi connectivity index (χ2n) is 3.12. The normalized spacial score (nSPS) is 32.5. The molecule has 2 atom stereocenters. The van der Waals surface area contributed by atoms with Crippen LogP contribution in [-0.2, 0) is 4.74 Å². The summed E-state index contributed by atoms with van der Waals surface area (Å²) < 4.78 is 4.90. The summed E-state index contributed by atoms with van der Waals surface area (Å²) in [6.07, 6.45) is 4.63.